The molecule has 1 amide bonds. The average molecular weight is 263 g/mol. The molecule has 0 bridgehead atoms. The predicted octanol–water partition coefficient (Wildman–Crippen LogP) is 3.43. The van der Waals surface area contributed by atoms with Crippen molar-refractivity contribution in [1.82, 2.24) is 4.90 Å². The fourth-order valence-electron chi connectivity index (χ4n) is 3.53. The summed E-state index contributed by atoms with van der Waals surface area (Å²) in [4.78, 5) is 14.5. The van der Waals surface area contributed by atoms with E-state index in [1.807, 2.05) is 11.0 Å². The highest BCUT2D eigenvalue weighted by atomic mass is 16.2. The molecule has 2 heteroatoms. The molecule has 0 aromatic carbocycles. The predicted molar refractivity (Wildman–Crippen MR) is 79.6 cm³/mol. The van der Waals surface area contributed by atoms with E-state index in [2.05, 4.69) is 49.5 Å². The summed E-state index contributed by atoms with van der Waals surface area (Å²) in [5.41, 5.74) is 4.89. The summed E-state index contributed by atoms with van der Waals surface area (Å²) in [5, 5.41) is 0. The maximum atomic E-state index is 12.4. The van der Waals surface area contributed by atoms with Crippen molar-refractivity contribution in [3.8, 4) is 0 Å². The number of fused-ring (bicyclic) bond motifs is 2. The number of carbonyl (C=O) groups is 1. The van der Waals surface area contributed by atoms with Crippen LogP contribution < -0.4 is 0 Å². The van der Waals surface area contributed by atoms with Gasteiger partial charge in [-0.25, -0.2) is 0 Å². The monoisotopic (exact) mass is 263 g/mol. The maximum Gasteiger partial charge on any atom is 0.231 e. The SMILES string of the molecule is CCC1C=CC2=CCC(=O)N3C2=C1C=C1C=CC=CC13. The van der Waals surface area contributed by atoms with Crippen LogP contribution in [0.25, 0.3) is 0 Å². The molecule has 2 heterocycles. The van der Waals surface area contributed by atoms with Crippen LogP contribution in [0, 0.1) is 5.92 Å². The van der Waals surface area contributed by atoms with Gasteiger partial charge in [0.15, 0.2) is 0 Å². The van der Waals surface area contributed by atoms with Crippen molar-refractivity contribution in [2.75, 3.05) is 0 Å². The molecular weight excluding hydrogens is 246 g/mol. The molecule has 0 N–H and O–H groups in total. The summed E-state index contributed by atoms with van der Waals surface area (Å²) >= 11 is 0. The Morgan fingerprint density at radius 3 is 3.00 bits per heavy atom. The second-order valence-electron chi connectivity index (χ2n) is 5.64. The third-order valence-corrected chi connectivity index (χ3v) is 4.54. The van der Waals surface area contributed by atoms with Crippen molar-refractivity contribution >= 4 is 5.91 Å². The van der Waals surface area contributed by atoms with Gasteiger partial charge in [-0.15, -0.1) is 0 Å². The van der Waals surface area contributed by atoms with Gasteiger partial charge in [-0.05, 0) is 23.1 Å². The smallest absolute Gasteiger partial charge is 0.231 e. The number of hydrogen-bond donors (Lipinski definition) is 0. The fraction of sp³-hybridized carbons (Fsp3) is 0.278. The molecule has 2 aliphatic heterocycles. The first kappa shape index (κ1) is 11.7. The van der Waals surface area contributed by atoms with E-state index in [0.29, 0.717) is 12.3 Å². The second-order valence-corrected chi connectivity index (χ2v) is 5.64. The lowest BCUT2D eigenvalue weighted by molar-refractivity contribution is -0.129. The highest BCUT2D eigenvalue weighted by Crippen LogP contribution is 2.43. The van der Waals surface area contributed by atoms with Gasteiger partial charge in [-0.2, -0.15) is 0 Å². The summed E-state index contributed by atoms with van der Waals surface area (Å²) in [6, 6.07) is 0.0824. The molecule has 20 heavy (non-hydrogen) atoms. The van der Waals surface area contributed by atoms with Gasteiger partial charge in [-0.3, -0.25) is 4.79 Å². The number of hydrogen-bond acceptors (Lipinski definition) is 1. The standard InChI is InChI=1S/C18H17NO/c1-2-12-7-8-13-9-10-17(20)19-16-6-4-3-5-14(16)11-15(12)18(13)19/h3-9,11-12,16H,2,10H2,1H3. The molecule has 2 atom stereocenters. The molecule has 2 unspecified atom stereocenters. The zero-order chi connectivity index (χ0) is 13.7. The minimum absolute atomic E-state index is 0.0824. The molecule has 2 aliphatic carbocycles. The first-order valence-electron chi connectivity index (χ1n) is 7.31. The topological polar surface area (TPSA) is 20.3 Å². The molecule has 0 saturated heterocycles. The minimum atomic E-state index is 0.0824. The van der Waals surface area contributed by atoms with Crippen LogP contribution in [-0.4, -0.2) is 16.8 Å². The Balaban J connectivity index is 1.95. The van der Waals surface area contributed by atoms with Gasteiger partial charge in [-0.1, -0.05) is 55.5 Å². The van der Waals surface area contributed by atoms with Crippen molar-refractivity contribution < 1.29 is 4.79 Å². The van der Waals surface area contributed by atoms with Crippen LogP contribution in [-0.2, 0) is 4.79 Å². The molecule has 4 aliphatic rings. The molecule has 0 fully saturated rings. The first-order valence-corrected chi connectivity index (χ1v) is 7.31. The van der Waals surface area contributed by atoms with Crippen molar-refractivity contribution in [2.24, 2.45) is 5.92 Å². The van der Waals surface area contributed by atoms with Crippen LogP contribution in [0.4, 0.5) is 0 Å². The Morgan fingerprint density at radius 1 is 1.25 bits per heavy atom. The Bertz CT molecular complexity index is 670. The van der Waals surface area contributed by atoms with Gasteiger partial charge in [0.25, 0.3) is 0 Å². The zero-order valence-corrected chi connectivity index (χ0v) is 11.5. The van der Waals surface area contributed by atoms with Crippen LogP contribution in [0.15, 0.2) is 71.0 Å². The molecule has 0 saturated carbocycles. The molecule has 4 rings (SSSR count). The first-order chi connectivity index (χ1) is 9.79. The number of amides is 1. The summed E-state index contributed by atoms with van der Waals surface area (Å²) < 4.78 is 0. The van der Waals surface area contributed by atoms with E-state index in [1.165, 1.54) is 16.7 Å². The van der Waals surface area contributed by atoms with E-state index < -0.39 is 0 Å². The summed E-state index contributed by atoms with van der Waals surface area (Å²) in [6.45, 7) is 2.20. The minimum Gasteiger partial charge on any atom is -0.300 e. The van der Waals surface area contributed by atoms with Crippen LogP contribution in [0.3, 0.4) is 0 Å². The molecule has 0 spiro atoms. The van der Waals surface area contributed by atoms with Gasteiger partial charge < -0.3 is 4.90 Å². The van der Waals surface area contributed by atoms with Gasteiger partial charge in [0, 0.05) is 12.3 Å². The molecule has 0 radical (unpaired) electrons. The van der Waals surface area contributed by atoms with Gasteiger partial charge in [0.2, 0.25) is 5.91 Å². The fourth-order valence-corrected chi connectivity index (χ4v) is 3.53. The lowest BCUT2D eigenvalue weighted by Gasteiger charge is -2.43. The van der Waals surface area contributed by atoms with Gasteiger partial charge in [0.05, 0.1) is 11.7 Å². The summed E-state index contributed by atoms with van der Waals surface area (Å²) in [6.07, 6.45) is 18.7. The third kappa shape index (κ3) is 1.48. The zero-order valence-electron chi connectivity index (χ0n) is 11.5. The molecule has 0 aromatic heterocycles. The second kappa shape index (κ2) is 4.20. The van der Waals surface area contributed by atoms with Crippen molar-refractivity contribution in [2.45, 2.75) is 25.8 Å². The van der Waals surface area contributed by atoms with E-state index >= 15 is 0 Å². The number of carbonyl (C=O) groups excluding carboxylic acids is 1. The number of rotatable bonds is 1. The Hall–Kier alpha value is -2.09. The quantitative estimate of drug-likeness (QED) is 0.709. The lowest BCUT2D eigenvalue weighted by Crippen LogP contribution is -2.45. The highest BCUT2D eigenvalue weighted by molar-refractivity contribution is 5.86. The van der Waals surface area contributed by atoms with Crippen LogP contribution >= 0.6 is 0 Å². The van der Waals surface area contributed by atoms with E-state index in [1.54, 1.807) is 0 Å². The number of nitrogens with zero attached hydrogens (tertiary/aromatic N) is 1. The van der Waals surface area contributed by atoms with Crippen LogP contribution in [0.2, 0.25) is 0 Å². The average Bonchev–Trinajstić information content (AvgIpc) is 2.49. The van der Waals surface area contributed by atoms with Crippen molar-refractivity contribution in [1.29, 1.82) is 0 Å². The van der Waals surface area contributed by atoms with E-state index in [9.17, 15) is 4.79 Å². The van der Waals surface area contributed by atoms with Gasteiger partial charge in [0.1, 0.15) is 0 Å². The summed E-state index contributed by atoms with van der Waals surface area (Å²) in [7, 11) is 0. The molecule has 0 aromatic rings. The van der Waals surface area contributed by atoms with E-state index in [4.69, 9.17) is 0 Å². The van der Waals surface area contributed by atoms with E-state index in [-0.39, 0.29) is 11.9 Å². The number of allylic oxidation sites excluding steroid dienone is 6. The lowest BCUT2D eigenvalue weighted by atomic mass is 9.79. The summed E-state index contributed by atoms with van der Waals surface area (Å²) in [5.74, 6) is 0.630. The highest BCUT2D eigenvalue weighted by Gasteiger charge is 2.38. The van der Waals surface area contributed by atoms with Crippen LogP contribution in [0.5, 0.6) is 0 Å². The van der Waals surface area contributed by atoms with Crippen molar-refractivity contribution in [3.63, 3.8) is 0 Å². The molecular formula is C18H17NO. The molecule has 2 nitrogen and oxygen atoms in total. The normalized spacial score (nSPS) is 30.1. The Kier molecular flexibility index (Phi) is 2.46. The molecule has 100 valence electrons. The Labute approximate surface area is 119 Å². The maximum absolute atomic E-state index is 12.4. The van der Waals surface area contributed by atoms with Crippen molar-refractivity contribution in [3.05, 3.63) is 71.0 Å². The largest absolute Gasteiger partial charge is 0.300 e. The van der Waals surface area contributed by atoms with E-state index in [0.717, 1.165) is 12.1 Å². The Morgan fingerprint density at radius 2 is 2.15 bits per heavy atom. The third-order valence-electron chi connectivity index (χ3n) is 4.54. The van der Waals surface area contributed by atoms with Crippen LogP contribution in [0.1, 0.15) is 19.8 Å². The van der Waals surface area contributed by atoms with Gasteiger partial charge >= 0.3 is 0 Å².